The monoisotopic (exact) mass is 281 g/mol. The zero-order chi connectivity index (χ0) is 14.3. The normalized spacial score (nSPS) is 19.5. The predicted octanol–water partition coefficient (Wildman–Crippen LogP) is 2.31. The van der Waals surface area contributed by atoms with Crippen molar-refractivity contribution < 1.29 is 13.2 Å². The molecular weight excluding hydrogens is 262 g/mol. The van der Waals surface area contributed by atoms with Gasteiger partial charge in [0, 0.05) is 18.7 Å². The Bertz CT molecular complexity index is 605. The zero-order valence-corrected chi connectivity index (χ0v) is 12.3. The SMILES string of the molecule is CC(=O)c1cccc(S(=O)(=O)N2CCC(C)(C)C2)c1. The summed E-state index contributed by atoms with van der Waals surface area (Å²) in [6.07, 6.45) is 0.860. The number of ketones is 1. The maximum Gasteiger partial charge on any atom is 0.243 e. The van der Waals surface area contributed by atoms with Gasteiger partial charge < -0.3 is 0 Å². The molecule has 0 spiro atoms. The van der Waals surface area contributed by atoms with Crippen molar-refractivity contribution in [2.75, 3.05) is 13.1 Å². The molecule has 4 nitrogen and oxygen atoms in total. The number of carbonyl (C=O) groups excluding carboxylic acids is 1. The third kappa shape index (κ3) is 2.87. The first kappa shape index (κ1) is 14.2. The summed E-state index contributed by atoms with van der Waals surface area (Å²) in [5, 5.41) is 0. The van der Waals surface area contributed by atoms with Gasteiger partial charge in [0.05, 0.1) is 4.90 Å². The largest absolute Gasteiger partial charge is 0.295 e. The highest BCUT2D eigenvalue weighted by Gasteiger charge is 2.36. The van der Waals surface area contributed by atoms with Crippen LogP contribution < -0.4 is 0 Å². The average Bonchev–Trinajstić information content (AvgIpc) is 2.70. The van der Waals surface area contributed by atoms with Crippen LogP contribution in [0.15, 0.2) is 29.2 Å². The van der Waals surface area contributed by atoms with Crippen molar-refractivity contribution in [1.82, 2.24) is 4.31 Å². The Hall–Kier alpha value is -1.20. The Morgan fingerprint density at radius 2 is 2.00 bits per heavy atom. The lowest BCUT2D eigenvalue weighted by atomic mass is 9.93. The van der Waals surface area contributed by atoms with Crippen LogP contribution in [0.4, 0.5) is 0 Å². The van der Waals surface area contributed by atoms with Gasteiger partial charge in [-0.2, -0.15) is 4.31 Å². The molecule has 0 radical (unpaired) electrons. The molecule has 0 aliphatic carbocycles. The highest BCUT2D eigenvalue weighted by Crippen LogP contribution is 2.32. The summed E-state index contributed by atoms with van der Waals surface area (Å²) in [4.78, 5) is 11.5. The minimum absolute atomic E-state index is 0.0191. The smallest absolute Gasteiger partial charge is 0.243 e. The van der Waals surface area contributed by atoms with Crippen molar-refractivity contribution in [3.8, 4) is 0 Å². The second-order valence-electron chi connectivity index (χ2n) is 5.84. The molecule has 5 heteroatoms. The van der Waals surface area contributed by atoms with E-state index in [-0.39, 0.29) is 16.1 Å². The van der Waals surface area contributed by atoms with E-state index in [0.29, 0.717) is 18.7 Å². The van der Waals surface area contributed by atoms with Crippen LogP contribution in [0.1, 0.15) is 37.6 Å². The van der Waals surface area contributed by atoms with Crippen molar-refractivity contribution in [1.29, 1.82) is 0 Å². The van der Waals surface area contributed by atoms with Crippen LogP contribution in [0.3, 0.4) is 0 Å². The molecule has 0 bridgehead atoms. The number of carbonyl (C=O) groups is 1. The van der Waals surface area contributed by atoms with E-state index in [9.17, 15) is 13.2 Å². The van der Waals surface area contributed by atoms with Crippen molar-refractivity contribution in [2.45, 2.75) is 32.1 Å². The van der Waals surface area contributed by atoms with Gasteiger partial charge in [-0.25, -0.2) is 8.42 Å². The Kier molecular flexibility index (Phi) is 3.53. The lowest BCUT2D eigenvalue weighted by Crippen LogP contribution is -2.30. The molecule has 1 saturated heterocycles. The Morgan fingerprint density at radius 1 is 1.32 bits per heavy atom. The molecule has 0 amide bonds. The van der Waals surface area contributed by atoms with E-state index in [2.05, 4.69) is 13.8 Å². The molecule has 19 heavy (non-hydrogen) atoms. The highest BCUT2D eigenvalue weighted by molar-refractivity contribution is 7.89. The predicted molar refractivity (Wildman–Crippen MR) is 73.6 cm³/mol. The van der Waals surface area contributed by atoms with Crippen LogP contribution in [-0.4, -0.2) is 31.6 Å². The lowest BCUT2D eigenvalue weighted by Gasteiger charge is -2.19. The molecule has 0 atom stereocenters. The van der Waals surface area contributed by atoms with Gasteiger partial charge in [0.2, 0.25) is 10.0 Å². The molecule has 1 fully saturated rings. The first-order chi connectivity index (χ1) is 8.72. The van der Waals surface area contributed by atoms with Crippen LogP contribution >= 0.6 is 0 Å². The molecule has 0 saturated carbocycles. The molecule has 0 N–H and O–H groups in total. The topological polar surface area (TPSA) is 54.5 Å². The Morgan fingerprint density at radius 3 is 2.53 bits per heavy atom. The van der Waals surface area contributed by atoms with Gasteiger partial charge in [-0.3, -0.25) is 4.79 Å². The number of hydrogen-bond acceptors (Lipinski definition) is 3. The number of sulfonamides is 1. The van der Waals surface area contributed by atoms with E-state index < -0.39 is 10.0 Å². The molecule has 1 heterocycles. The molecule has 0 unspecified atom stereocenters. The molecule has 0 aromatic heterocycles. The number of hydrogen-bond donors (Lipinski definition) is 0. The molecule has 1 aliphatic rings. The van der Waals surface area contributed by atoms with E-state index in [1.165, 1.54) is 17.3 Å². The first-order valence-corrected chi connectivity index (χ1v) is 7.78. The third-order valence-corrected chi connectivity index (χ3v) is 5.36. The van der Waals surface area contributed by atoms with Crippen LogP contribution in [-0.2, 0) is 10.0 Å². The van der Waals surface area contributed by atoms with Gasteiger partial charge in [0.15, 0.2) is 5.78 Å². The fourth-order valence-electron chi connectivity index (χ4n) is 2.29. The minimum Gasteiger partial charge on any atom is -0.295 e. The summed E-state index contributed by atoms with van der Waals surface area (Å²) < 4.78 is 26.5. The van der Waals surface area contributed by atoms with Gasteiger partial charge in [0.25, 0.3) is 0 Å². The third-order valence-electron chi connectivity index (χ3n) is 3.52. The fraction of sp³-hybridized carbons (Fsp3) is 0.500. The zero-order valence-electron chi connectivity index (χ0n) is 11.5. The second kappa shape index (κ2) is 4.72. The number of nitrogens with zero attached hydrogens (tertiary/aromatic N) is 1. The first-order valence-electron chi connectivity index (χ1n) is 6.34. The molecule has 1 aliphatic heterocycles. The number of Topliss-reactive ketones (excluding diaryl/α,β-unsaturated/α-hetero) is 1. The van der Waals surface area contributed by atoms with Crippen LogP contribution in [0.5, 0.6) is 0 Å². The Labute approximate surface area is 114 Å². The van der Waals surface area contributed by atoms with Crippen LogP contribution in [0.25, 0.3) is 0 Å². The van der Waals surface area contributed by atoms with Gasteiger partial charge in [-0.15, -0.1) is 0 Å². The summed E-state index contributed by atoms with van der Waals surface area (Å²) in [6, 6.07) is 6.26. The maximum atomic E-state index is 12.5. The fourth-order valence-corrected chi connectivity index (χ4v) is 3.97. The number of benzene rings is 1. The maximum absolute atomic E-state index is 12.5. The molecule has 1 aromatic rings. The highest BCUT2D eigenvalue weighted by atomic mass is 32.2. The van der Waals surface area contributed by atoms with E-state index >= 15 is 0 Å². The summed E-state index contributed by atoms with van der Waals surface area (Å²) in [5.74, 6) is -0.126. The molecule has 1 aromatic carbocycles. The number of rotatable bonds is 3. The Balaban J connectivity index is 2.35. The summed E-state index contributed by atoms with van der Waals surface area (Å²) >= 11 is 0. The van der Waals surface area contributed by atoms with Crippen molar-refractivity contribution >= 4 is 15.8 Å². The van der Waals surface area contributed by atoms with Crippen molar-refractivity contribution in [3.05, 3.63) is 29.8 Å². The van der Waals surface area contributed by atoms with Crippen molar-refractivity contribution in [2.24, 2.45) is 5.41 Å². The average molecular weight is 281 g/mol. The van der Waals surface area contributed by atoms with Gasteiger partial charge >= 0.3 is 0 Å². The van der Waals surface area contributed by atoms with Gasteiger partial charge in [-0.1, -0.05) is 26.0 Å². The summed E-state index contributed by atoms with van der Waals surface area (Å²) in [5.41, 5.74) is 0.449. The van der Waals surface area contributed by atoms with Crippen LogP contribution in [0, 0.1) is 5.41 Å². The summed E-state index contributed by atoms with van der Waals surface area (Å²) in [7, 11) is -3.48. The lowest BCUT2D eigenvalue weighted by molar-refractivity contribution is 0.101. The van der Waals surface area contributed by atoms with Gasteiger partial charge in [0.1, 0.15) is 0 Å². The minimum atomic E-state index is -3.48. The van der Waals surface area contributed by atoms with E-state index in [1.54, 1.807) is 18.2 Å². The summed E-state index contributed by atoms with van der Waals surface area (Å²) in [6.45, 7) is 6.63. The molecule has 104 valence electrons. The van der Waals surface area contributed by atoms with Crippen LogP contribution in [0.2, 0.25) is 0 Å². The molecule has 2 rings (SSSR count). The second-order valence-corrected chi connectivity index (χ2v) is 7.77. The van der Waals surface area contributed by atoms with Crippen molar-refractivity contribution in [3.63, 3.8) is 0 Å². The van der Waals surface area contributed by atoms with Gasteiger partial charge in [-0.05, 0) is 30.9 Å². The van der Waals surface area contributed by atoms with E-state index in [1.807, 2.05) is 0 Å². The van der Waals surface area contributed by atoms with E-state index in [0.717, 1.165) is 6.42 Å². The van der Waals surface area contributed by atoms with E-state index in [4.69, 9.17) is 0 Å². The standard InChI is InChI=1S/C14H19NO3S/c1-11(16)12-5-4-6-13(9-12)19(17,18)15-8-7-14(2,3)10-15/h4-6,9H,7-8,10H2,1-3H3. The molecular formula is C14H19NO3S. The quantitative estimate of drug-likeness (QED) is 0.799.